The van der Waals surface area contributed by atoms with Crippen LogP contribution in [0.3, 0.4) is 0 Å². The number of fused-ring (bicyclic) bond motifs is 2. The number of pyridine rings is 1. The van der Waals surface area contributed by atoms with Crippen molar-refractivity contribution in [3.05, 3.63) is 35.5 Å². The van der Waals surface area contributed by atoms with Gasteiger partial charge in [-0.1, -0.05) is 18.2 Å². The fourth-order valence-electron chi connectivity index (χ4n) is 2.41. The Balaban J connectivity index is 0.000000722. The number of aryl methyl sites for hydroxylation is 1. The summed E-state index contributed by atoms with van der Waals surface area (Å²) in [5.41, 5.74) is 10.7. The van der Waals surface area contributed by atoms with Gasteiger partial charge in [0.15, 0.2) is 0 Å². The number of nitrogens with zero attached hydrogens (tertiary/aromatic N) is 1. The third-order valence-corrected chi connectivity index (χ3v) is 3.21. The van der Waals surface area contributed by atoms with Gasteiger partial charge in [0, 0.05) is 16.8 Å². The maximum Gasteiger partial charge on any atom is 0.0726 e. The van der Waals surface area contributed by atoms with Crippen LogP contribution in [0, 0.1) is 0 Å². The SMILES string of the molecule is I.I.Nc1c2c(nc3ccccc13)CCCC2. The number of rotatable bonds is 0. The van der Waals surface area contributed by atoms with Crippen LogP contribution in [-0.2, 0) is 12.8 Å². The Morgan fingerprint density at radius 2 is 1.71 bits per heavy atom. The third kappa shape index (κ3) is 2.67. The highest BCUT2D eigenvalue weighted by atomic mass is 127. The number of anilines is 1. The van der Waals surface area contributed by atoms with Gasteiger partial charge < -0.3 is 5.73 Å². The summed E-state index contributed by atoms with van der Waals surface area (Å²) < 4.78 is 0. The van der Waals surface area contributed by atoms with E-state index in [9.17, 15) is 0 Å². The molecule has 0 aliphatic heterocycles. The largest absolute Gasteiger partial charge is 0.398 e. The topological polar surface area (TPSA) is 38.9 Å². The van der Waals surface area contributed by atoms with Gasteiger partial charge in [0.05, 0.1) is 5.52 Å². The molecule has 0 saturated carbocycles. The Bertz CT molecular complexity index is 526. The van der Waals surface area contributed by atoms with Crippen molar-refractivity contribution >= 4 is 64.5 Å². The third-order valence-electron chi connectivity index (χ3n) is 3.21. The molecule has 1 aliphatic rings. The number of hydrogen-bond donors (Lipinski definition) is 1. The van der Waals surface area contributed by atoms with Crippen LogP contribution in [0.15, 0.2) is 24.3 Å². The second-order valence-corrected chi connectivity index (χ2v) is 4.17. The molecular formula is C13H16I2N2. The Morgan fingerprint density at radius 1 is 1.00 bits per heavy atom. The molecule has 1 aliphatic carbocycles. The lowest BCUT2D eigenvalue weighted by Crippen LogP contribution is -2.09. The highest BCUT2D eigenvalue weighted by Crippen LogP contribution is 2.30. The van der Waals surface area contributed by atoms with E-state index in [0.717, 1.165) is 29.4 Å². The van der Waals surface area contributed by atoms with Crippen LogP contribution >= 0.6 is 48.0 Å². The van der Waals surface area contributed by atoms with E-state index in [2.05, 4.69) is 6.07 Å². The average molecular weight is 454 g/mol. The number of nitrogens with two attached hydrogens (primary N) is 1. The minimum absolute atomic E-state index is 0. The van der Waals surface area contributed by atoms with Gasteiger partial charge in [0.2, 0.25) is 0 Å². The summed E-state index contributed by atoms with van der Waals surface area (Å²) in [6, 6.07) is 8.15. The lowest BCUT2D eigenvalue weighted by Gasteiger charge is -2.18. The van der Waals surface area contributed by atoms with Crippen molar-refractivity contribution in [2.24, 2.45) is 0 Å². The molecule has 0 radical (unpaired) electrons. The highest BCUT2D eigenvalue weighted by Gasteiger charge is 2.15. The average Bonchev–Trinajstić information content (AvgIpc) is 2.30. The van der Waals surface area contributed by atoms with Crippen LogP contribution in [0.25, 0.3) is 10.9 Å². The molecule has 0 unspecified atom stereocenters. The minimum atomic E-state index is 0. The molecule has 0 fully saturated rings. The highest BCUT2D eigenvalue weighted by molar-refractivity contribution is 14.0. The number of nitrogen functional groups attached to an aromatic ring is 1. The van der Waals surface area contributed by atoms with Crippen LogP contribution in [-0.4, -0.2) is 4.98 Å². The van der Waals surface area contributed by atoms with E-state index in [1.54, 1.807) is 0 Å². The van der Waals surface area contributed by atoms with Crippen molar-refractivity contribution in [3.63, 3.8) is 0 Å². The summed E-state index contributed by atoms with van der Waals surface area (Å²) in [7, 11) is 0. The van der Waals surface area contributed by atoms with Crippen LogP contribution in [0.1, 0.15) is 24.1 Å². The quantitative estimate of drug-likeness (QED) is 0.614. The van der Waals surface area contributed by atoms with E-state index in [0.29, 0.717) is 0 Å². The minimum Gasteiger partial charge on any atom is -0.398 e. The zero-order chi connectivity index (χ0) is 10.3. The monoisotopic (exact) mass is 454 g/mol. The lowest BCUT2D eigenvalue weighted by molar-refractivity contribution is 0.673. The molecule has 0 atom stereocenters. The number of hydrogen-bond acceptors (Lipinski definition) is 2. The van der Waals surface area contributed by atoms with E-state index >= 15 is 0 Å². The summed E-state index contributed by atoms with van der Waals surface area (Å²) in [4.78, 5) is 4.70. The first kappa shape index (κ1) is 14.9. The predicted octanol–water partition coefficient (Wildman–Crippen LogP) is 3.93. The maximum atomic E-state index is 6.20. The molecule has 2 N–H and O–H groups in total. The van der Waals surface area contributed by atoms with Crippen molar-refractivity contribution in [3.8, 4) is 0 Å². The molecule has 1 aromatic heterocycles. The van der Waals surface area contributed by atoms with Crippen LogP contribution in [0.4, 0.5) is 5.69 Å². The molecule has 92 valence electrons. The number of benzene rings is 1. The molecule has 2 aromatic rings. The Morgan fingerprint density at radius 3 is 2.53 bits per heavy atom. The Hall–Kier alpha value is -0.110. The molecule has 0 spiro atoms. The van der Waals surface area contributed by atoms with E-state index in [4.69, 9.17) is 10.7 Å². The van der Waals surface area contributed by atoms with Crippen LogP contribution in [0.2, 0.25) is 0 Å². The Labute approximate surface area is 135 Å². The van der Waals surface area contributed by atoms with Gasteiger partial charge in [0.25, 0.3) is 0 Å². The van der Waals surface area contributed by atoms with Crippen molar-refractivity contribution in [2.45, 2.75) is 25.7 Å². The lowest BCUT2D eigenvalue weighted by atomic mass is 9.93. The van der Waals surface area contributed by atoms with Crippen LogP contribution in [0.5, 0.6) is 0 Å². The fourth-order valence-corrected chi connectivity index (χ4v) is 2.41. The molecule has 1 aromatic carbocycles. The van der Waals surface area contributed by atoms with E-state index < -0.39 is 0 Å². The van der Waals surface area contributed by atoms with Gasteiger partial charge >= 0.3 is 0 Å². The second-order valence-electron chi connectivity index (χ2n) is 4.17. The normalized spacial score (nSPS) is 13.4. The summed E-state index contributed by atoms with van der Waals surface area (Å²) in [6.07, 6.45) is 4.68. The molecule has 0 bridgehead atoms. The first-order valence-electron chi connectivity index (χ1n) is 5.52. The van der Waals surface area contributed by atoms with Crippen molar-refractivity contribution in [1.29, 1.82) is 0 Å². The van der Waals surface area contributed by atoms with Crippen molar-refractivity contribution < 1.29 is 0 Å². The standard InChI is InChI=1S/C13H14N2.2HI/c14-13-9-5-1-3-7-11(9)15-12-8-4-2-6-10(12)13;;/h1,3,5,7H,2,4,6,8H2,(H2,14,15);2*1H. The van der Waals surface area contributed by atoms with Gasteiger partial charge in [-0.25, -0.2) is 0 Å². The summed E-state index contributed by atoms with van der Waals surface area (Å²) in [6.45, 7) is 0. The van der Waals surface area contributed by atoms with E-state index in [-0.39, 0.29) is 48.0 Å². The molecular weight excluding hydrogens is 438 g/mol. The molecule has 0 saturated heterocycles. The number of aromatic nitrogens is 1. The zero-order valence-corrected chi connectivity index (χ0v) is 14.1. The zero-order valence-electron chi connectivity index (χ0n) is 9.48. The molecule has 4 heteroatoms. The van der Waals surface area contributed by atoms with Gasteiger partial charge in [-0.2, -0.15) is 0 Å². The van der Waals surface area contributed by atoms with Crippen molar-refractivity contribution in [1.82, 2.24) is 4.98 Å². The number of halogens is 2. The Kier molecular flexibility index (Phi) is 5.43. The van der Waals surface area contributed by atoms with Crippen LogP contribution < -0.4 is 5.73 Å². The van der Waals surface area contributed by atoms with Gasteiger partial charge in [-0.15, -0.1) is 48.0 Å². The fraction of sp³-hybridized carbons (Fsp3) is 0.308. The second kappa shape index (κ2) is 6.17. The van der Waals surface area contributed by atoms with Crippen molar-refractivity contribution in [2.75, 3.05) is 5.73 Å². The molecule has 3 rings (SSSR count). The van der Waals surface area contributed by atoms with Gasteiger partial charge in [0.1, 0.15) is 0 Å². The first-order valence-corrected chi connectivity index (χ1v) is 5.52. The van der Waals surface area contributed by atoms with Gasteiger partial charge in [-0.3, -0.25) is 4.98 Å². The number of para-hydroxylation sites is 1. The maximum absolute atomic E-state index is 6.20. The molecule has 17 heavy (non-hydrogen) atoms. The molecule has 0 amide bonds. The molecule has 1 heterocycles. The van der Waals surface area contributed by atoms with E-state index in [1.165, 1.54) is 24.1 Å². The van der Waals surface area contributed by atoms with Gasteiger partial charge in [-0.05, 0) is 37.3 Å². The predicted molar refractivity (Wildman–Crippen MR) is 93.6 cm³/mol. The summed E-state index contributed by atoms with van der Waals surface area (Å²) >= 11 is 0. The van der Waals surface area contributed by atoms with E-state index in [1.807, 2.05) is 18.2 Å². The molecule has 2 nitrogen and oxygen atoms in total. The summed E-state index contributed by atoms with van der Waals surface area (Å²) in [5.74, 6) is 0. The first-order chi connectivity index (χ1) is 7.36. The summed E-state index contributed by atoms with van der Waals surface area (Å²) in [5, 5.41) is 1.11. The smallest absolute Gasteiger partial charge is 0.0726 e.